The lowest BCUT2D eigenvalue weighted by molar-refractivity contribution is -0.142. The maximum Gasteiger partial charge on any atom is 0.401 e. The van der Waals surface area contributed by atoms with E-state index < -0.39 is 24.7 Å². The lowest BCUT2D eigenvalue weighted by Crippen LogP contribution is -2.55. The van der Waals surface area contributed by atoms with E-state index in [2.05, 4.69) is 0 Å². The Hall–Kier alpha value is -0.820. The molecule has 14 heavy (non-hydrogen) atoms. The Balaban J connectivity index is 2.10. The van der Waals surface area contributed by atoms with Crippen molar-refractivity contribution >= 4 is 5.91 Å². The second-order valence-corrected chi connectivity index (χ2v) is 3.17. The predicted molar refractivity (Wildman–Crippen MR) is 41.5 cm³/mol. The fraction of sp³-hybridized carbons (Fsp3) is 0.857. The summed E-state index contributed by atoms with van der Waals surface area (Å²) >= 11 is 0. The number of halogens is 3. The van der Waals surface area contributed by atoms with Gasteiger partial charge in [0.05, 0.1) is 19.2 Å². The third kappa shape index (κ3) is 3.51. The number of nitrogens with one attached hydrogen (secondary N) is 1. The quantitative estimate of drug-likeness (QED) is 0.653. The molecule has 0 unspecified atom stereocenters. The van der Waals surface area contributed by atoms with Crippen LogP contribution in [0.1, 0.15) is 0 Å². The Morgan fingerprint density at radius 1 is 1.50 bits per heavy atom. The molecular weight excluding hydrogens is 201 g/mol. The number of carbonyl (C=O) groups is 1. The number of β-amino-alcohol motifs (C(OH)–C–C–N with tert-alkyl or cyclic N) is 1. The summed E-state index contributed by atoms with van der Waals surface area (Å²) in [5.41, 5.74) is 0. The highest BCUT2D eigenvalue weighted by molar-refractivity contribution is 5.79. The number of amides is 1. The molecule has 0 aromatic rings. The number of hydrogen-bond donors (Lipinski definition) is 2. The first-order valence-electron chi connectivity index (χ1n) is 4.12. The van der Waals surface area contributed by atoms with Crippen LogP contribution in [0.2, 0.25) is 0 Å². The number of aliphatic hydroxyl groups is 1. The molecule has 0 atom stereocenters. The first kappa shape index (κ1) is 11.3. The van der Waals surface area contributed by atoms with Crippen molar-refractivity contribution in [3.05, 3.63) is 0 Å². The molecule has 2 N–H and O–H groups in total. The SMILES string of the molecule is O=C(CNCC(F)(F)F)N1CC(O)C1. The fourth-order valence-electron chi connectivity index (χ4n) is 1.08. The third-order valence-corrected chi connectivity index (χ3v) is 1.82. The topological polar surface area (TPSA) is 52.6 Å². The highest BCUT2D eigenvalue weighted by Crippen LogP contribution is 2.12. The normalized spacial score (nSPS) is 18.1. The predicted octanol–water partition coefficient (Wildman–Crippen LogP) is -0.659. The van der Waals surface area contributed by atoms with Gasteiger partial charge >= 0.3 is 6.18 Å². The molecule has 0 bridgehead atoms. The van der Waals surface area contributed by atoms with Gasteiger partial charge in [0.15, 0.2) is 0 Å². The van der Waals surface area contributed by atoms with Crippen LogP contribution in [0.3, 0.4) is 0 Å². The lowest BCUT2D eigenvalue weighted by Gasteiger charge is -2.35. The van der Waals surface area contributed by atoms with E-state index in [1.54, 1.807) is 0 Å². The van der Waals surface area contributed by atoms with Gasteiger partial charge < -0.3 is 15.3 Å². The number of aliphatic hydroxyl groups excluding tert-OH is 1. The zero-order valence-electron chi connectivity index (χ0n) is 7.34. The van der Waals surface area contributed by atoms with E-state index in [-0.39, 0.29) is 19.6 Å². The lowest BCUT2D eigenvalue weighted by atomic mass is 10.2. The summed E-state index contributed by atoms with van der Waals surface area (Å²) in [6.07, 6.45) is -4.82. The Morgan fingerprint density at radius 2 is 2.07 bits per heavy atom. The van der Waals surface area contributed by atoms with Gasteiger partial charge in [-0.2, -0.15) is 13.2 Å². The molecule has 7 heteroatoms. The van der Waals surface area contributed by atoms with Crippen molar-refractivity contribution in [2.75, 3.05) is 26.2 Å². The van der Waals surface area contributed by atoms with Crippen LogP contribution in [0.15, 0.2) is 0 Å². The average Bonchev–Trinajstić information content (AvgIpc) is 1.96. The molecule has 0 spiro atoms. The van der Waals surface area contributed by atoms with Crippen LogP contribution in [-0.2, 0) is 4.79 Å². The van der Waals surface area contributed by atoms with E-state index in [0.29, 0.717) is 0 Å². The van der Waals surface area contributed by atoms with E-state index in [4.69, 9.17) is 5.11 Å². The second kappa shape index (κ2) is 4.14. The summed E-state index contributed by atoms with van der Waals surface area (Å²) in [5.74, 6) is -0.417. The smallest absolute Gasteiger partial charge is 0.389 e. The van der Waals surface area contributed by atoms with Gasteiger partial charge in [-0.05, 0) is 0 Å². The van der Waals surface area contributed by atoms with Crippen molar-refractivity contribution in [1.82, 2.24) is 10.2 Å². The van der Waals surface area contributed by atoms with Gasteiger partial charge in [0.1, 0.15) is 0 Å². The number of nitrogens with zero attached hydrogens (tertiary/aromatic N) is 1. The minimum atomic E-state index is -4.30. The van der Waals surface area contributed by atoms with E-state index in [1.165, 1.54) is 4.90 Å². The zero-order chi connectivity index (χ0) is 10.8. The van der Waals surface area contributed by atoms with Crippen LogP contribution in [0.5, 0.6) is 0 Å². The maximum atomic E-state index is 11.6. The Morgan fingerprint density at radius 3 is 2.50 bits per heavy atom. The Bertz CT molecular complexity index is 213. The molecule has 1 amide bonds. The van der Waals surface area contributed by atoms with Gasteiger partial charge in [-0.25, -0.2) is 0 Å². The van der Waals surface area contributed by atoms with Crippen LogP contribution >= 0.6 is 0 Å². The minimum Gasteiger partial charge on any atom is -0.389 e. The molecule has 1 fully saturated rings. The molecule has 0 aromatic carbocycles. The van der Waals surface area contributed by atoms with E-state index >= 15 is 0 Å². The van der Waals surface area contributed by atoms with Gasteiger partial charge in [-0.3, -0.25) is 4.79 Å². The van der Waals surface area contributed by atoms with Crippen molar-refractivity contribution in [3.63, 3.8) is 0 Å². The number of likely N-dealkylation sites (tertiary alicyclic amines) is 1. The summed E-state index contributed by atoms with van der Waals surface area (Å²) in [6, 6.07) is 0. The number of hydrogen-bond acceptors (Lipinski definition) is 3. The molecule has 1 heterocycles. The van der Waals surface area contributed by atoms with Crippen LogP contribution in [-0.4, -0.2) is 54.4 Å². The summed E-state index contributed by atoms with van der Waals surface area (Å²) in [4.78, 5) is 12.3. The highest BCUT2D eigenvalue weighted by Gasteiger charge is 2.30. The molecule has 0 saturated carbocycles. The maximum absolute atomic E-state index is 11.6. The average molecular weight is 212 g/mol. The molecule has 4 nitrogen and oxygen atoms in total. The number of rotatable bonds is 3. The van der Waals surface area contributed by atoms with E-state index in [9.17, 15) is 18.0 Å². The molecule has 1 rings (SSSR count). The zero-order valence-corrected chi connectivity index (χ0v) is 7.34. The molecule has 82 valence electrons. The summed E-state index contributed by atoms with van der Waals surface area (Å²) in [6.45, 7) is -1.08. The molecule has 0 aliphatic carbocycles. The van der Waals surface area contributed by atoms with Crippen LogP contribution in [0.4, 0.5) is 13.2 Å². The molecule has 1 aliphatic rings. The van der Waals surface area contributed by atoms with Crippen molar-refractivity contribution in [3.8, 4) is 0 Å². The monoisotopic (exact) mass is 212 g/mol. The summed E-state index contributed by atoms with van der Waals surface area (Å²) in [5, 5.41) is 10.8. The van der Waals surface area contributed by atoms with Crippen molar-refractivity contribution in [1.29, 1.82) is 0 Å². The molecular formula is C7H11F3N2O2. The molecule has 0 aromatic heterocycles. The number of carbonyl (C=O) groups excluding carboxylic acids is 1. The Kier molecular flexibility index (Phi) is 3.33. The minimum absolute atomic E-state index is 0.215. The van der Waals surface area contributed by atoms with E-state index in [1.807, 2.05) is 5.32 Å². The summed E-state index contributed by atoms with van der Waals surface area (Å²) in [7, 11) is 0. The van der Waals surface area contributed by atoms with E-state index in [0.717, 1.165) is 0 Å². The van der Waals surface area contributed by atoms with Crippen molar-refractivity contribution < 1.29 is 23.1 Å². The van der Waals surface area contributed by atoms with Gasteiger partial charge in [-0.1, -0.05) is 0 Å². The van der Waals surface area contributed by atoms with Gasteiger partial charge in [-0.15, -0.1) is 0 Å². The van der Waals surface area contributed by atoms with Crippen LogP contribution in [0, 0.1) is 0 Å². The fourth-order valence-corrected chi connectivity index (χ4v) is 1.08. The molecule has 1 saturated heterocycles. The van der Waals surface area contributed by atoms with Gasteiger partial charge in [0.2, 0.25) is 5.91 Å². The second-order valence-electron chi connectivity index (χ2n) is 3.17. The van der Waals surface area contributed by atoms with Gasteiger partial charge in [0.25, 0.3) is 0 Å². The summed E-state index contributed by atoms with van der Waals surface area (Å²) < 4.78 is 34.9. The molecule has 0 radical (unpaired) electrons. The van der Waals surface area contributed by atoms with Gasteiger partial charge in [0, 0.05) is 13.1 Å². The molecule has 1 aliphatic heterocycles. The standard InChI is InChI=1S/C7H11F3N2O2/c8-7(9,10)4-11-1-6(14)12-2-5(13)3-12/h5,11,13H,1-4H2. The first-order valence-corrected chi connectivity index (χ1v) is 4.12. The largest absolute Gasteiger partial charge is 0.401 e. The van der Waals surface area contributed by atoms with Crippen LogP contribution < -0.4 is 5.32 Å². The highest BCUT2D eigenvalue weighted by atomic mass is 19.4. The van der Waals surface area contributed by atoms with Crippen molar-refractivity contribution in [2.24, 2.45) is 0 Å². The third-order valence-electron chi connectivity index (χ3n) is 1.82. The first-order chi connectivity index (χ1) is 6.38. The van der Waals surface area contributed by atoms with Crippen LogP contribution in [0.25, 0.3) is 0 Å². The van der Waals surface area contributed by atoms with Crippen molar-refractivity contribution in [2.45, 2.75) is 12.3 Å². The Labute approximate surface area is 78.7 Å². The number of alkyl halides is 3.